The summed E-state index contributed by atoms with van der Waals surface area (Å²) in [5.74, 6) is -0.573. The molecule has 178 valence electrons. The van der Waals surface area contributed by atoms with Gasteiger partial charge in [-0.05, 0) is 23.1 Å². The average molecular weight is 487 g/mol. The SMILES string of the molecule is CC(C)(C)[C@@H](NC(=O)c1cc(=O)[nH]c(-c2ccccc2)n1)c1ccc(S(F)(F)(F)(F)F)cc1. The van der Waals surface area contributed by atoms with E-state index in [1.807, 2.05) is 0 Å². The van der Waals surface area contributed by atoms with E-state index in [0.717, 1.165) is 18.2 Å². The van der Waals surface area contributed by atoms with Crippen molar-refractivity contribution in [2.45, 2.75) is 31.7 Å². The number of aromatic nitrogens is 2. The van der Waals surface area contributed by atoms with Crippen molar-refractivity contribution >= 4 is 16.1 Å². The summed E-state index contributed by atoms with van der Waals surface area (Å²) in [6.45, 7) is 5.16. The number of hydrogen-bond donors (Lipinski definition) is 2. The quantitative estimate of drug-likeness (QED) is 0.398. The van der Waals surface area contributed by atoms with E-state index in [2.05, 4.69) is 15.3 Å². The molecule has 3 rings (SSSR count). The number of carbonyl (C=O) groups is 1. The number of benzene rings is 2. The predicted octanol–water partition coefficient (Wildman–Crippen LogP) is 6.61. The van der Waals surface area contributed by atoms with Crippen molar-refractivity contribution in [3.05, 3.63) is 82.3 Å². The smallest absolute Gasteiger partial charge is 0.310 e. The van der Waals surface area contributed by atoms with Crippen LogP contribution in [0.3, 0.4) is 0 Å². The van der Waals surface area contributed by atoms with Crippen molar-refractivity contribution in [1.29, 1.82) is 0 Å². The van der Waals surface area contributed by atoms with Gasteiger partial charge in [0.25, 0.3) is 11.5 Å². The van der Waals surface area contributed by atoms with Crippen LogP contribution >= 0.6 is 10.2 Å². The molecule has 0 aliphatic heterocycles. The highest BCUT2D eigenvalue weighted by Crippen LogP contribution is 3.02. The van der Waals surface area contributed by atoms with E-state index in [9.17, 15) is 29.0 Å². The van der Waals surface area contributed by atoms with E-state index < -0.39 is 38.0 Å². The molecule has 0 bridgehead atoms. The fraction of sp³-hybridized carbons (Fsp3) is 0.227. The Labute approximate surface area is 186 Å². The molecular weight excluding hydrogens is 465 g/mol. The van der Waals surface area contributed by atoms with E-state index in [1.165, 1.54) is 0 Å². The van der Waals surface area contributed by atoms with Gasteiger partial charge in [-0.15, -0.1) is 0 Å². The van der Waals surface area contributed by atoms with Crippen LogP contribution in [-0.2, 0) is 0 Å². The molecule has 33 heavy (non-hydrogen) atoms. The Morgan fingerprint density at radius 1 is 0.970 bits per heavy atom. The first kappa shape index (κ1) is 24.4. The van der Waals surface area contributed by atoms with Crippen molar-refractivity contribution in [2.24, 2.45) is 5.41 Å². The Balaban J connectivity index is 1.95. The van der Waals surface area contributed by atoms with E-state index in [0.29, 0.717) is 17.7 Å². The molecule has 1 heterocycles. The second kappa shape index (κ2) is 7.41. The van der Waals surface area contributed by atoms with Crippen LogP contribution in [0.4, 0.5) is 19.4 Å². The minimum atomic E-state index is -9.82. The highest BCUT2D eigenvalue weighted by atomic mass is 32.5. The van der Waals surface area contributed by atoms with Gasteiger partial charge >= 0.3 is 10.2 Å². The van der Waals surface area contributed by atoms with Gasteiger partial charge in [0.2, 0.25) is 0 Å². The number of H-pyrrole nitrogens is 1. The molecule has 5 nitrogen and oxygen atoms in total. The van der Waals surface area contributed by atoms with Crippen LogP contribution in [0.15, 0.2) is 70.4 Å². The Hall–Kier alpha value is -3.21. The molecule has 0 radical (unpaired) electrons. The largest absolute Gasteiger partial charge is 0.343 e. The zero-order valence-corrected chi connectivity index (χ0v) is 18.7. The van der Waals surface area contributed by atoms with Crippen LogP contribution in [0.2, 0.25) is 0 Å². The van der Waals surface area contributed by atoms with Gasteiger partial charge in [-0.3, -0.25) is 9.59 Å². The van der Waals surface area contributed by atoms with Gasteiger partial charge in [-0.25, -0.2) is 4.98 Å². The molecule has 0 saturated heterocycles. The topological polar surface area (TPSA) is 74.8 Å². The summed E-state index contributed by atoms with van der Waals surface area (Å²) in [7, 11) is -9.82. The lowest BCUT2D eigenvalue weighted by Gasteiger charge is -2.40. The van der Waals surface area contributed by atoms with Crippen molar-refractivity contribution < 1.29 is 24.2 Å². The predicted molar refractivity (Wildman–Crippen MR) is 118 cm³/mol. The summed E-state index contributed by atoms with van der Waals surface area (Å²) in [5.41, 5.74) is -0.718. The first-order chi connectivity index (χ1) is 14.9. The van der Waals surface area contributed by atoms with Crippen LogP contribution in [-0.4, -0.2) is 15.9 Å². The van der Waals surface area contributed by atoms with Crippen molar-refractivity contribution in [1.82, 2.24) is 15.3 Å². The molecule has 2 aromatic carbocycles. The van der Waals surface area contributed by atoms with Gasteiger partial charge in [0.15, 0.2) is 0 Å². The number of amides is 1. The van der Waals surface area contributed by atoms with Crippen LogP contribution in [0, 0.1) is 5.41 Å². The van der Waals surface area contributed by atoms with Gasteiger partial charge in [0.05, 0.1) is 6.04 Å². The summed E-state index contributed by atoms with van der Waals surface area (Å²) < 4.78 is 65.3. The van der Waals surface area contributed by atoms with Crippen LogP contribution in [0.5, 0.6) is 0 Å². The third kappa shape index (κ3) is 5.98. The van der Waals surface area contributed by atoms with Crippen molar-refractivity contribution in [3.63, 3.8) is 0 Å². The maximum Gasteiger partial charge on any atom is 0.310 e. The fourth-order valence-corrected chi connectivity index (χ4v) is 3.88. The van der Waals surface area contributed by atoms with E-state index >= 15 is 0 Å². The standard InChI is InChI=1S/C22H22F5N3O2S/c1-22(2,3)19(14-9-11-16(12-10-14)33(23,24,25,26)27)30-21(32)17-13-18(31)29-20(28-17)15-7-5-4-6-8-15/h4-13,19H,1-3H3,(H,30,32)(H,28,29,31)/t19-/m0/s1. The molecule has 0 aliphatic carbocycles. The summed E-state index contributed by atoms with van der Waals surface area (Å²) in [6.07, 6.45) is 0. The number of nitrogens with one attached hydrogen (secondary N) is 2. The minimum Gasteiger partial charge on any atom is -0.343 e. The van der Waals surface area contributed by atoms with Gasteiger partial charge in [0, 0.05) is 11.6 Å². The molecule has 3 aromatic rings. The minimum absolute atomic E-state index is 0.167. The lowest BCUT2D eigenvalue weighted by atomic mass is 9.82. The van der Waals surface area contributed by atoms with Gasteiger partial charge < -0.3 is 10.3 Å². The molecule has 1 aromatic heterocycles. The van der Waals surface area contributed by atoms with Gasteiger partial charge in [0.1, 0.15) is 16.4 Å². The number of rotatable bonds is 5. The second-order valence-corrected chi connectivity index (χ2v) is 11.1. The van der Waals surface area contributed by atoms with Crippen molar-refractivity contribution in [2.75, 3.05) is 0 Å². The first-order valence-electron chi connectivity index (χ1n) is 9.76. The Bertz CT molecular complexity index is 1240. The van der Waals surface area contributed by atoms with Crippen LogP contribution in [0.25, 0.3) is 11.4 Å². The lowest BCUT2D eigenvalue weighted by molar-refractivity contribution is 0.0896. The second-order valence-electron chi connectivity index (χ2n) is 8.66. The molecule has 0 saturated carbocycles. The summed E-state index contributed by atoms with van der Waals surface area (Å²) >= 11 is 0. The Kier molecular flexibility index (Phi) is 5.48. The summed E-state index contributed by atoms with van der Waals surface area (Å²) in [5, 5.41) is 2.66. The maximum absolute atomic E-state index is 13.1. The van der Waals surface area contributed by atoms with E-state index in [-0.39, 0.29) is 17.1 Å². The molecule has 0 unspecified atom stereocenters. The molecule has 2 N–H and O–H groups in total. The molecular formula is C22H22F5N3O2S. The number of aromatic amines is 1. The molecule has 11 heteroatoms. The first-order valence-corrected chi connectivity index (χ1v) is 11.7. The van der Waals surface area contributed by atoms with Gasteiger partial charge in [-0.2, -0.15) is 0 Å². The molecule has 0 spiro atoms. The van der Waals surface area contributed by atoms with Crippen molar-refractivity contribution in [3.8, 4) is 11.4 Å². The number of carbonyl (C=O) groups excluding carboxylic acids is 1. The zero-order valence-electron chi connectivity index (χ0n) is 17.9. The van der Waals surface area contributed by atoms with Crippen LogP contribution in [0.1, 0.15) is 42.9 Å². The highest BCUT2D eigenvalue weighted by molar-refractivity contribution is 8.45. The Morgan fingerprint density at radius 3 is 2.06 bits per heavy atom. The number of nitrogens with zero attached hydrogens (tertiary/aromatic N) is 1. The third-order valence-corrected chi connectivity index (χ3v) is 5.98. The maximum atomic E-state index is 13.1. The number of hydrogen-bond acceptors (Lipinski definition) is 3. The van der Waals surface area contributed by atoms with E-state index in [1.54, 1.807) is 51.1 Å². The van der Waals surface area contributed by atoms with E-state index in [4.69, 9.17) is 0 Å². The lowest BCUT2D eigenvalue weighted by Crippen LogP contribution is -2.37. The molecule has 0 fully saturated rings. The number of halogens is 5. The molecule has 1 atom stereocenters. The highest BCUT2D eigenvalue weighted by Gasteiger charge is 2.65. The summed E-state index contributed by atoms with van der Waals surface area (Å²) in [4.78, 5) is 29.7. The van der Waals surface area contributed by atoms with Gasteiger partial charge in [-0.1, -0.05) is 82.7 Å². The molecule has 1 amide bonds. The fourth-order valence-electron chi connectivity index (χ4n) is 3.23. The van der Waals surface area contributed by atoms with Crippen LogP contribution < -0.4 is 10.9 Å². The third-order valence-electron chi connectivity index (χ3n) is 4.82. The summed E-state index contributed by atoms with van der Waals surface area (Å²) in [6, 6.07) is 11.2. The normalized spacial score (nSPS) is 15.3. The monoisotopic (exact) mass is 487 g/mol. The molecule has 0 aliphatic rings. The average Bonchev–Trinajstić information content (AvgIpc) is 2.69. The Morgan fingerprint density at radius 2 is 1.55 bits per heavy atom. The zero-order chi connectivity index (χ0) is 24.7.